The lowest BCUT2D eigenvalue weighted by Gasteiger charge is -2.24. The summed E-state index contributed by atoms with van der Waals surface area (Å²) in [4.78, 5) is 11.2. The van der Waals surface area contributed by atoms with Gasteiger partial charge in [0.1, 0.15) is 5.75 Å². The summed E-state index contributed by atoms with van der Waals surface area (Å²) in [5.41, 5.74) is 6.18. The Morgan fingerprint density at radius 1 is 1.44 bits per heavy atom. The van der Waals surface area contributed by atoms with Gasteiger partial charge in [-0.05, 0) is 24.6 Å². The maximum absolute atomic E-state index is 11.2. The van der Waals surface area contributed by atoms with Gasteiger partial charge in [0.25, 0.3) is 0 Å². The highest BCUT2D eigenvalue weighted by Crippen LogP contribution is 2.25. The van der Waals surface area contributed by atoms with Crippen LogP contribution in [0.1, 0.15) is 18.9 Å². The first-order valence-electron chi connectivity index (χ1n) is 5.00. The summed E-state index contributed by atoms with van der Waals surface area (Å²) in [6.45, 7) is 1.79. The van der Waals surface area contributed by atoms with E-state index in [1.54, 1.807) is 14.0 Å². The molecule has 4 heteroatoms. The van der Waals surface area contributed by atoms with Crippen LogP contribution in [0.15, 0.2) is 24.3 Å². The fourth-order valence-electron chi connectivity index (χ4n) is 1.45. The fourth-order valence-corrected chi connectivity index (χ4v) is 1.45. The Kier molecular flexibility index (Phi) is 3.90. The van der Waals surface area contributed by atoms with E-state index in [4.69, 9.17) is 10.5 Å². The summed E-state index contributed by atoms with van der Waals surface area (Å²) in [6, 6.07) is 7.36. The van der Waals surface area contributed by atoms with Gasteiger partial charge in [0.05, 0.1) is 20.6 Å². The molecule has 0 aromatic heterocycles. The van der Waals surface area contributed by atoms with Gasteiger partial charge in [-0.3, -0.25) is 4.79 Å². The molecular formula is C12H17NO3. The molecule has 0 aliphatic heterocycles. The first kappa shape index (κ1) is 12.5. The molecule has 1 aromatic rings. The summed E-state index contributed by atoms with van der Waals surface area (Å²) in [5, 5.41) is 0. The average Bonchev–Trinajstić information content (AvgIpc) is 2.28. The third-order valence-corrected chi connectivity index (χ3v) is 2.47. The minimum Gasteiger partial charge on any atom is -0.497 e. The Labute approximate surface area is 95.3 Å². The quantitative estimate of drug-likeness (QED) is 0.784. The first-order valence-corrected chi connectivity index (χ1v) is 5.00. The zero-order valence-electron chi connectivity index (χ0n) is 9.82. The van der Waals surface area contributed by atoms with E-state index in [0.29, 0.717) is 0 Å². The highest BCUT2D eigenvalue weighted by atomic mass is 16.5. The summed E-state index contributed by atoms with van der Waals surface area (Å²) >= 11 is 0. The van der Waals surface area contributed by atoms with Crippen LogP contribution in [0.3, 0.4) is 0 Å². The minimum atomic E-state index is -0.748. The van der Waals surface area contributed by atoms with Crippen LogP contribution in [0.2, 0.25) is 0 Å². The van der Waals surface area contributed by atoms with Gasteiger partial charge < -0.3 is 15.2 Å². The lowest BCUT2D eigenvalue weighted by molar-refractivity contribution is -0.141. The minimum absolute atomic E-state index is 0.136. The van der Waals surface area contributed by atoms with Gasteiger partial charge in [-0.1, -0.05) is 12.1 Å². The molecule has 0 aliphatic rings. The number of methoxy groups -OCH3 is 2. The molecule has 1 atom stereocenters. The van der Waals surface area contributed by atoms with Crippen LogP contribution in [0, 0.1) is 0 Å². The Bertz CT molecular complexity index is 374. The predicted molar refractivity (Wildman–Crippen MR) is 61.2 cm³/mol. The van der Waals surface area contributed by atoms with Crippen LogP contribution in [0.4, 0.5) is 0 Å². The van der Waals surface area contributed by atoms with Crippen LogP contribution in [0.5, 0.6) is 5.75 Å². The van der Waals surface area contributed by atoms with Crippen LogP contribution >= 0.6 is 0 Å². The third kappa shape index (κ3) is 2.97. The molecule has 0 bridgehead atoms. The standard InChI is InChI=1S/C12H17NO3/c1-12(13,8-11(14)16-3)9-5-4-6-10(7-9)15-2/h4-7H,8,13H2,1-3H3/t12-/m0/s1. The second-order valence-corrected chi connectivity index (χ2v) is 3.90. The zero-order valence-corrected chi connectivity index (χ0v) is 9.82. The summed E-state index contributed by atoms with van der Waals surface area (Å²) in [7, 11) is 2.94. The molecule has 0 aliphatic carbocycles. The van der Waals surface area contributed by atoms with Crippen molar-refractivity contribution in [2.75, 3.05) is 14.2 Å². The van der Waals surface area contributed by atoms with E-state index in [2.05, 4.69) is 4.74 Å². The van der Waals surface area contributed by atoms with E-state index in [1.165, 1.54) is 7.11 Å². The van der Waals surface area contributed by atoms with Crippen LogP contribution in [-0.4, -0.2) is 20.2 Å². The molecule has 16 heavy (non-hydrogen) atoms. The fraction of sp³-hybridized carbons (Fsp3) is 0.417. The highest BCUT2D eigenvalue weighted by molar-refractivity contribution is 5.71. The number of benzene rings is 1. The molecule has 88 valence electrons. The zero-order chi connectivity index (χ0) is 12.2. The summed E-state index contributed by atoms with van der Waals surface area (Å²) < 4.78 is 9.72. The molecule has 0 amide bonds. The van der Waals surface area contributed by atoms with E-state index in [9.17, 15) is 4.79 Å². The smallest absolute Gasteiger partial charge is 0.307 e. The second kappa shape index (κ2) is 4.99. The van der Waals surface area contributed by atoms with E-state index in [1.807, 2.05) is 24.3 Å². The normalized spacial score (nSPS) is 14.0. The molecule has 0 saturated carbocycles. The maximum Gasteiger partial charge on any atom is 0.307 e. The van der Waals surface area contributed by atoms with Gasteiger partial charge in [-0.25, -0.2) is 0 Å². The van der Waals surface area contributed by atoms with Crippen molar-refractivity contribution in [1.82, 2.24) is 0 Å². The van der Waals surface area contributed by atoms with E-state index >= 15 is 0 Å². The highest BCUT2D eigenvalue weighted by Gasteiger charge is 2.25. The van der Waals surface area contributed by atoms with Gasteiger partial charge in [-0.2, -0.15) is 0 Å². The molecule has 0 saturated heterocycles. The Morgan fingerprint density at radius 2 is 2.12 bits per heavy atom. The van der Waals surface area contributed by atoms with Gasteiger partial charge in [-0.15, -0.1) is 0 Å². The van der Waals surface area contributed by atoms with Crippen molar-refractivity contribution in [3.05, 3.63) is 29.8 Å². The van der Waals surface area contributed by atoms with Gasteiger partial charge in [0, 0.05) is 5.54 Å². The second-order valence-electron chi connectivity index (χ2n) is 3.90. The molecule has 4 nitrogen and oxygen atoms in total. The number of hydrogen-bond acceptors (Lipinski definition) is 4. The number of esters is 1. The molecule has 0 heterocycles. The monoisotopic (exact) mass is 223 g/mol. The Hall–Kier alpha value is -1.55. The number of hydrogen-bond donors (Lipinski definition) is 1. The van der Waals surface area contributed by atoms with Crippen molar-refractivity contribution in [3.8, 4) is 5.75 Å². The molecule has 0 radical (unpaired) electrons. The molecular weight excluding hydrogens is 206 g/mol. The van der Waals surface area contributed by atoms with Gasteiger partial charge in [0.2, 0.25) is 0 Å². The molecule has 1 rings (SSSR count). The first-order chi connectivity index (χ1) is 7.49. The van der Waals surface area contributed by atoms with E-state index < -0.39 is 5.54 Å². The number of ether oxygens (including phenoxy) is 2. The van der Waals surface area contributed by atoms with Gasteiger partial charge in [0.15, 0.2) is 0 Å². The van der Waals surface area contributed by atoms with Crippen molar-refractivity contribution in [3.63, 3.8) is 0 Å². The Balaban J connectivity index is 2.92. The lowest BCUT2D eigenvalue weighted by Crippen LogP contribution is -2.35. The molecule has 1 aromatic carbocycles. The van der Waals surface area contributed by atoms with E-state index in [-0.39, 0.29) is 12.4 Å². The number of carbonyl (C=O) groups excluding carboxylic acids is 1. The topological polar surface area (TPSA) is 61.5 Å². The van der Waals surface area contributed by atoms with E-state index in [0.717, 1.165) is 11.3 Å². The number of carbonyl (C=O) groups is 1. The molecule has 0 unspecified atom stereocenters. The summed E-state index contributed by atoms with van der Waals surface area (Å²) in [6.07, 6.45) is 0.136. The van der Waals surface area contributed by atoms with Crippen LogP contribution < -0.4 is 10.5 Å². The maximum atomic E-state index is 11.2. The predicted octanol–water partition coefficient (Wildman–Crippen LogP) is 1.43. The molecule has 0 fully saturated rings. The SMILES string of the molecule is COC(=O)C[C@](C)(N)c1cccc(OC)c1. The number of rotatable bonds is 4. The van der Waals surface area contributed by atoms with Crippen LogP contribution in [0.25, 0.3) is 0 Å². The van der Waals surface area contributed by atoms with Crippen molar-refractivity contribution in [2.45, 2.75) is 18.9 Å². The largest absolute Gasteiger partial charge is 0.497 e. The third-order valence-electron chi connectivity index (χ3n) is 2.47. The molecule has 2 N–H and O–H groups in total. The Morgan fingerprint density at radius 3 is 2.69 bits per heavy atom. The van der Waals surface area contributed by atoms with Crippen molar-refractivity contribution in [1.29, 1.82) is 0 Å². The number of nitrogens with two attached hydrogens (primary N) is 1. The van der Waals surface area contributed by atoms with Crippen molar-refractivity contribution in [2.24, 2.45) is 5.73 Å². The lowest BCUT2D eigenvalue weighted by atomic mass is 9.90. The van der Waals surface area contributed by atoms with Crippen molar-refractivity contribution >= 4 is 5.97 Å². The average molecular weight is 223 g/mol. The van der Waals surface area contributed by atoms with Crippen molar-refractivity contribution < 1.29 is 14.3 Å². The summed E-state index contributed by atoms with van der Waals surface area (Å²) in [5.74, 6) is 0.395. The molecule has 0 spiro atoms. The van der Waals surface area contributed by atoms with Gasteiger partial charge >= 0.3 is 5.97 Å². The van der Waals surface area contributed by atoms with Crippen LogP contribution in [-0.2, 0) is 15.1 Å².